The Bertz CT molecular complexity index is 403. The predicted molar refractivity (Wildman–Crippen MR) is 68.1 cm³/mol. The molecule has 2 rings (SSSR count). The number of nitrogens with zero attached hydrogens (tertiary/aromatic N) is 1. The van der Waals surface area contributed by atoms with Gasteiger partial charge >= 0.3 is 0 Å². The summed E-state index contributed by atoms with van der Waals surface area (Å²) in [5, 5.41) is 8.78. The number of rotatable bonds is 3. The van der Waals surface area contributed by atoms with Crippen molar-refractivity contribution in [3.05, 3.63) is 29.8 Å². The molecule has 0 saturated heterocycles. The van der Waals surface area contributed by atoms with Gasteiger partial charge in [-0.2, -0.15) is 0 Å². The summed E-state index contributed by atoms with van der Waals surface area (Å²) in [5.41, 5.74) is 2.31. The quantitative estimate of drug-likeness (QED) is 0.870. The largest absolute Gasteiger partial charge is 0.396 e. The van der Waals surface area contributed by atoms with Gasteiger partial charge in [0.2, 0.25) is 5.91 Å². The number of aliphatic hydroxyl groups excluding tert-OH is 1. The molecule has 0 fully saturated rings. The lowest BCUT2D eigenvalue weighted by molar-refractivity contribution is -0.119. The third kappa shape index (κ3) is 2.50. The Labute approximate surface area is 102 Å². The molecule has 0 bridgehead atoms. The molecule has 1 aromatic carbocycles. The van der Waals surface area contributed by atoms with Gasteiger partial charge in [-0.1, -0.05) is 25.1 Å². The highest BCUT2D eigenvalue weighted by atomic mass is 16.3. The summed E-state index contributed by atoms with van der Waals surface area (Å²) < 4.78 is 0. The van der Waals surface area contributed by atoms with E-state index >= 15 is 0 Å². The van der Waals surface area contributed by atoms with Gasteiger partial charge in [0, 0.05) is 25.3 Å². The first-order valence-corrected chi connectivity index (χ1v) is 6.24. The van der Waals surface area contributed by atoms with Gasteiger partial charge in [-0.3, -0.25) is 4.79 Å². The van der Waals surface area contributed by atoms with Crippen molar-refractivity contribution in [1.82, 2.24) is 0 Å². The number of hydrogen-bond acceptors (Lipinski definition) is 2. The minimum absolute atomic E-state index is 0.0810. The van der Waals surface area contributed by atoms with Crippen LogP contribution in [0.4, 0.5) is 5.69 Å². The lowest BCUT2D eigenvalue weighted by atomic mass is 9.91. The Kier molecular flexibility index (Phi) is 3.79. The molecule has 0 radical (unpaired) electrons. The van der Waals surface area contributed by atoms with Gasteiger partial charge in [0.25, 0.3) is 0 Å². The molecule has 1 unspecified atom stereocenters. The normalized spacial score (nSPS) is 18.9. The summed E-state index contributed by atoms with van der Waals surface area (Å²) >= 11 is 0. The Morgan fingerprint density at radius 2 is 2.24 bits per heavy atom. The predicted octanol–water partition coefficient (Wildman–Crippen LogP) is 2.30. The fourth-order valence-corrected chi connectivity index (χ4v) is 2.37. The van der Waals surface area contributed by atoms with E-state index in [1.54, 1.807) is 0 Å². The van der Waals surface area contributed by atoms with Gasteiger partial charge < -0.3 is 10.0 Å². The molecular weight excluding hydrogens is 214 g/mol. The summed E-state index contributed by atoms with van der Waals surface area (Å²) in [7, 11) is 0. The molecule has 1 aliphatic heterocycles. The van der Waals surface area contributed by atoms with E-state index in [9.17, 15) is 4.79 Å². The number of amides is 1. The number of fused-ring (bicyclic) bond motifs is 1. The lowest BCUT2D eigenvalue weighted by Crippen LogP contribution is -2.36. The van der Waals surface area contributed by atoms with Gasteiger partial charge in [-0.05, 0) is 30.4 Å². The standard InChI is InChI=1S/C14H19NO2/c1-11-8-9-15(14(17)7-4-10-16)13-6-3-2-5-12(11)13/h2-3,5-6,11,16H,4,7-10H2,1H3. The van der Waals surface area contributed by atoms with E-state index in [4.69, 9.17) is 5.11 Å². The zero-order chi connectivity index (χ0) is 12.3. The Morgan fingerprint density at radius 3 is 3.00 bits per heavy atom. The van der Waals surface area contributed by atoms with Crippen LogP contribution in [0.3, 0.4) is 0 Å². The van der Waals surface area contributed by atoms with Crippen LogP contribution in [0.2, 0.25) is 0 Å². The van der Waals surface area contributed by atoms with Crippen molar-refractivity contribution in [3.63, 3.8) is 0 Å². The molecule has 1 N–H and O–H groups in total. The van der Waals surface area contributed by atoms with E-state index in [2.05, 4.69) is 13.0 Å². The maximum atomic E-state index is 12.0. The molecule has 1 aromatic rings. The molecule has 0 saturated carbocycles. The van der Waals surface area contributed by atoms with E-state index in [-0.39, 0.29) is 12.5 Å². The Hall–Kier alpha value is -1.35. The van der Waals surface area contributed by atoms with E-state index in [0.717, 1.165) is 18.7 Å². The van der Waals surface area contributed by atoms with E-state index < -0.39 is 0 Å². The van der Waals surface area contributed by atoms with Gasteiger partial charge in [-0.15, -0.1) is 0 Å². The van der Waals surface area contributed by atoms with Crippen LogP contribution >= 0.6 is 0 Å². The topological polar surface area (TPSA) is 40.5 Å². The summed E-state index contributed by atoms with van der Waals surface area (Å²) in [6.45, 7) is 3.08. The Morgan fingerprint density at radius 1 is 1.47 bits per heavy atom. The SMILES string of the molecule is CC1CCN(C(=O)CCCO)c2ccccc21. The monoisotopic (exact) mass is 233 g/mol. The van der Waals surface area contributed by atoms with E-state index in [0.29, 0.717) is 18.8 Å². The second-order valence-electron chi connectivity index (χ2n) is 4.62. The number of carbonyl (C=O) groups excluding carboxylic acids is 1. The molecule has 0 aromatic heterocycles. The maximum absolute atomic E-state index is 12.0. The van der Waals surface area contributed by atoms with Crippen molar-refractivity contribution in [2.24, 2.45) is 0 Å². The molecule has 1 aliphatic rings. The number of carbonyl (C=O) groups is 1. The molecule has 1 atom stereocenters. The van der Waals surface area contributed by atoms with E-state index in [1.165, 1.54) is 5.56 Å². The first kappa shape index (κ1) is 12.1. The highest BCUT2D eigenvalue weighted by molar-refractivity contribution is 5.94. The van der Waals surface area contributed by atoms with Crippen molar-refractivity contribution in [3.8, 4) is 0 Å². The van der Waals surface area contributed by atoms with Gasteiger partial charge in [0.1, 0.15) is 0 Å². The molecule has 92 valence electrons. The molecule has 3 nitrogen and oxygen atoms in total. The molecule has 0 spiro atoms. The maximum Gasteiger partial charge on any atom is 0.227 e. The minimum atomic E-state index is 0.0810. The number of para-hydroxylation sites is 1. The van der Waals surface area contributed by atoms with Crippen molar-refractivity contribution >= 4 is 11.6 Å². The van der Waals surface area contributed by atoms with Crippen LogP contribution in [0.1, 0.15) is 37.7 Å². The molecular formula is C14H19NO2. The van der Waals surface area contributed by atoms with Crippen molar-refractivity contribution in [2.75, 3.05) is 18.1 Å². The average Bonchev–Trinajstić information content (AvgIpc) is 2.37. The van der Waals surface area contributed by atoms with Gasteiger partial charge in [0.05, 0.1) is 0 Å². The van der Waals surface area contributed by atoms with Gasteiger partial charge in [0.15, 0.2) is 0 Å². The highest BCUT2D eigenvalue weighted by Gasteiger charge is 2.25. The fraction of sp³-hybridized carbons (Fsp3) is 0.500. The van der Waals surface area contributed by atoms with Crippen LogP contribution in [0, 0.1) is 0 Å². The minimum Gasteiger partial charge on any atom is -0.396 e. The molecule has 3 heteroatoms. The smallest absolute Gasteiger partial charge is 0.227 e. The number of hydrogen-bond donors (Lipinski definition) is 1. The van der Waals surface area contributed by atoms with Crippen LogP contribution in [0.5, 0.6) is 0 Å². The van der Waals surface area contributed by atoms with Crippen LogP contribution in [-0.4, -0.2) is 24.2 Å². The first-order valence-electron chi connectivity index (χ1n) is 6.24. The fourth-order valence-electron chi connectivity index (χ4n) is 2.37. The summed E-state index contributed by atoms with van der Waals surface area (Å²) in [5.74, 6) is 0.645. The molecule has 1 amide bonds. The summed E-state index contributed by atoms with van der Waals surface area (Å²) in [6.07, 6.45) is 1.99. The third-order valence-electron chi connectivity index (χ3n) is 3.39. The number of anilines is 1. The molecule has 17 heavy (non-hydrogen) atoms. The van der Waals surface area contributed by atoms with Crippen molar-refractivity contribution in [2.45, 2.75) is 32.1 Å². The first-order chi connectivity index (χ1) is 8.24. The average molecular weight is 233 g/mol. The van der Waals surface area contributed by atoms with Crippen molar-refractivity contribution < 1.29 is 9.90 Å². The Balaban J connectivity index is 2.21. The second kappa shape index (κ2) is 5.32. The van der Waals surface area contributed by atoms with Crippen LogP contribution in [0.15, 0.2) is 24.3 Å². The van der Waals surface area contributed by atoms with Crippen molar-refractivity contribution in [1.29, 1.82) is 0 Å². The molecule has 1 heterocycles. The van der Waals surface area contributed by atoms with Crippen LogP contribution < -0.4 is 4.90 Å². The molecule has 0 aliphatic carbocycles. The van der Waals surface area contributed by atoms with E-state index in [1.807, 2.05) is 23.1 Å². The number of aliphatic hydroxyl groups is 1. The van der Waals surface area contributed by atoms with Crippen LogP contribution in [0.25, 0.3) is 0 Å². The lowest BCUT2D eigenvalue weighted by Gasteiger charge is -2.33. The summed E-state index contributed by atoms with van der Waals surface area (Å²) in [6, 6.07) is 8.12. The second-order valence-corrected chi connectivity index (χ2v) is 4.62. The number of benzene rings is 1. The highest BCUT2D eigenvalue weighted by Crippen LogP contribution is 2.34. The summed E-state index contributed by atoms with van der Waals surface area (Å²) in [4.78, 5) is 13.9. The zero-order valence-electron chi connectivity index (χ0n) is 10.2. The zero-order valence-corrected chi connectivity index (χ0v) is 10.2. The van der Waals surface area contributed by atoms with Crippen LogP contribution in [-0.2, 0) is 4.79 Å². The van der Waals surface area contributed by atoms with Gasteiger partial charge in [-0.25, -0.2) is 0 Å². The third-order valence-corrected chi connectivity index (χ3v) is 3.39.